The summed E-state index contributed by atoms with van der Waals surface area (Å²) >= 11 is 0. The molecule has 0 bridgehead atoms. The summed E-state index contributed by atoms with van der Waals surface area (Å²) in [6.07, 6.45) is 5.89. The van der Waals surface area contributed by atoms with E-state index in [1.165, 1.54) is 30.4 Å². The second-order valence-electron chi connectivity index (χ2n) is 6.12. The van der Waals surface area contributed by atoms with E-state index < -0.39 is 0 Å². The number of benzene rings is 1. The standard InChI is InChI=1S/C17H22N2O2/c1-11(18-17(21)15-8-9-16(20)19-15)13-7-6-12-4-2-3-5-14(12)10-13/h6-7,10-11,15H,2-5,8-9H2,1H3,(H,18,21)(H,19,20). The summed E-state index contributed by atoms with van der Waals surface area (Å²) in [5.74, 6) is -0.109. The molecule has 2 atom stereocenters. The molecule has 2 amide bonds. The largest absolute Gasteiger partial charge is 0.348 e. The van der Waals surface area contributed by atoms with Gasteiger partial charge in [0.1, 0.15) is 6.04 Å². The third-order valence-electron chi connectivity index (χ3n) is 4.54. The highest BCUT2D eigenvalue weighted by atomic mass is 16.2. The van der Waals surface area contributed by atoms with E-state index in [4.69, 9.17) is 0 Å². The third kappa shape index (κ3) is 3.09. The number of rotatable bonds is 3. The Morgan fingerprint density at radius 1 is 1.24 bits per heavy atom. The molecule has 0 spiro atoms. The van der Waals surface area contributed by atoms with E-state index in [0.717, 1.165) is 12.0 Å². The summed E-state index contributed by atoms with van der Waals surface area (Å²) in [4.78, 5) is 23.3. The maximum atomic E-state index is 12.1. The lowest BCUT2D eigenvalue weighted by Crippen LogP contribution is -2.42. The molecule has 0 radical (unpaired) electrons. The predicted molar refractivity (Wildman–Crippen MR) is 80.8 cm³/mol. The zero-order valence-corrected chi connectivity index (χ0v) is 12.4. The summed E-state index contributed by atoms with van der Waals surface area (Å²) in [6, 6.07) is 6.15. The number of hydrogen-bond donors (Lipinski definition) is 2. The summed E-state index contributed by atoms with van der Waals surface area (Å²) in [6.45, 7) is 2.00. The molecule has 2 aliphatic rings. The van der Waals surface area contributed by atoms with Crippen molar-refractivity contribution < 1.29 is 9.59 Å². The maximum absolute atomic E-state index is 12.1. The summed E-state index contributed by atoms with van der Waals surface area (Å²) in [5.41, 5.74) is 4.02. The first-order valence-corrected chi connectivity index (χ1v) is 7.85. The molecular weight excluding hydrogens is 264 g/mol. The molecule has 112 valence electrons. The van der Waals surface area contributed by atoms with Gasteiger partial charge in [0.15, 0.2) is 0 Å². The number of fused-ring (bicyclic) bond motifs is 1. The van der Waals surface area contributed by atoms with Gasteiger partial charge >= 0.3 is 0 Å². The van der Waals surface area contributed by atoms with Gasteiger partial charge in [0, 0.05) is 6.42 Å². The van der Waals surface area contributed by atoms with Crippen molar-refractivity contribution in [3.63, 3.8) is 0 Å². The zero-order valence-electron chi connectivity index (χ0n) is 12.4. The highest BCUT2D eigenvalue weighted by Crippen LogP contribution is 2.25. The van der Waals surface area contributed by atoms with E-state index in [1.807, 2.05) is 6.92 Å². The molecule has 21 heavy (non-hydrogen) atoms. The van der Waals surface area contributed by atoms with Crippen LogP contribution in [0.15, 0.2) is 18.2 Å². The Labute approximate surface area is 125 Å². The van der Waals surface area contributed by atoms with Gasteiger partial charge in [-0.1, -0.05) is 18.2 Å². The molecule has 3 rings (SSSR count). The lowest BCUT2D eigenvalue weighted by atomic mass is 9.89. The number of carbonyl (C=O) groups excluding carboxylic acids is 2. The van der Waals surface area contributed by atoms with Gasteiger partial charge < -0.3 is 10.6 Å². The van der Waals surface area contributed by atoms with Crippen LogP contribution in [0.5, 0.6) is 0 Å². The number of amides is 2. The Hall–Kier alpha value is -1.84. The van der Waals surface area contributed by atoms with Crippen molar-refractivity contribution >= 4 is 11.8 Å². The minimum absolute atomic E-state index is 0.0257. The summed E-state index contributed by atoms with van der Waals surface area (Å²) in [5, 5.41) is 5.72. The Kier molecular flexibility index (Phi) is 3.95. The average molecular weight is 286 g/mol. The molecule has 1 fully saturated rings. The van der Waals surface area contributed by atoms with Gasteiger partial charge in [0.2, 0.25) is 11.8 Å². The molecule has 1 aliphatic carbocycles. The van der Waals surface area contributed by atoms with Crippen LogP contribution in [0, 0.1) is 0 Å². The van der Waals surface area contributed by atoms with E-state index >= 15 is 0 Å². The molecule has 4 nitrogen and oxygen atoms in total. The molecule has 1 heterocycles. The molecule has 1 saturated heterocycles. The van der Waals surface area contributed by atoms with E-state index in [0.29, 0.717) is 12.8 Å². The monoisotopic (exact) mass is 286 g/mol. The van der Waals surface area contributed by atoms with Crippen molar-refractivity contribution in [1.29, 1.82) is 0 Å². The van der Waals surface area contributed by atoms with E-state index in [9.17, 15) is 9.59 Å². The van der Waals surface area contributed by atoms with Crippen LogP contribution in [0.4, 0.5) is 0 Å². The molecule has 1 aromatic rings. The minimum atomic E-state index is -0.363. The van der Waals surface area contributed by atoms with Gasteiger partial charge in [-0.15, -0.1) is 0 Å². The topological polar surface area (TPSA) is 58.2 Å². The average Bonchev–Trinajstić information content (AvgIpc) is 2.93. The first kappa shape index (κ1) is 14.1. The quantitative estimate of drug-likeness (QED) is 0.893. The fourth-order valence-corrected chi connectivity index (χ4v) is 3.23. The number of aryl methyl sites for hydroxylation is 2. The smallest absolute Gasteiger partial charge is 0.243 e. The maximum Gasteiger partial charge on any atom is 0.243 e. The minimum Gasteiger partial charge on any atom is -0.348 e. The second-order valence-corrected chi connectivity index (χ2v) is 6.12. The van der Waals surface area contributed by atoms with Crippen molar-refractivity contribution in [1.82, 2.24) is 10.6 Å². The SMILES string of the molecule is CC(NC(=O)C1CCC(=O)N1)c1ccc2c(c1)CCCC2. The van der Waals surface area contributed by atoms with E-state index in [2.05, 4.69) is 28.8 Å². The van der Waals surface area contributed by atoms with Crippen LogP contribution in [0.1, 0.15) is 55.3 Å². The highest BCUT2D eigenvalue weighted by Gasteiger charge is 2.28. The second kappa shape index (κ2) is 5.88. The fraction of sp³-hybridized carbons (Fsp3) is 0.529. The van der Waals surface area contributed by atoms with Gasteiger partial charge in [-0.3, -0.25) is 9.59 Å². The van der Waals surface area contributed by atoms with Gasteiger partial charge in [-0.2, -0.15) is 0 Å². The third-order valence-corrected chi connectivity index (χ3v) is 4.54. The lowest BCUT2D eigenvalue weighted by Gasteiger charge is -2.21. The Morgan fingerprint density at radius 2 is 2.00 bits per heavy atom. The predicted octanol–water partition coefficient (Wildman–Crippen LogP) is 2.02. The van der Waals surface area contributed by atoms with Crippen molar-refractivity contribution in [2.24, 2.45) is 0 Å². The molecular formula is C17H22N2O2. The van der Waals surface area contributed by atoms with Crippen LogP contribution >= 0.6 is 0 Å². The van der Waals surface area contributed by atoms with Crippen LogP contribution in [-0.2, 0) is 22.4 Å². The first-order chi connectivity index (χ1) is 10.1. The van der Waals surface area contributed by atoms with Crippen LogP contribution in [0.3, 0.4) is 0 Å². The van der Waals surface area contributed by atoms with Crippen LogP contribution in [0.25, 0.3) is 0 Å². The lowest BCUT2D eigenvalue weighted by molar-refractivity contribution is -0.126. The van der Waals surface area contributed by atoms with Crippen molar-refractivity contribution in [3.05, 3.63) is 34.9 Å². The van der Waals surface area contributed by atoms with Gasteiger partial charge in [0.25, 0.3) is 0 Å². The number of hydrogen-bond acceptors (Lipinski definition) is 2. The molecule has 4 heteroatoms. The van der Waals surface area contributed by atoms with Crippen molar-refractivity contribution in [2.75, 3.05) is 0 Å². The first-order valence-electron chi connectivity index (χ1n) is 7.85. The van der Waals surface area contributed by atoms with Crippen LogP contribution in [-0.4, -0.2) is 17.9 Å². The zero-order chi connectivity index (χ0) is 14.8. The van der Waals surface area contributed by atoms with Gasteiger partial charge in [-0.25, -0.2) is 0 Å². The van der Waals surface area contributed by atoms with Crippen LogP contribution in [0.2, 0.25) is 0 Å². The van der Waals surface area contributed by atoms with Gasteiger partial charge in [-0.05, 0) is 55.7 Å². The van der Waals surface area contributed by atoms with Gasteiger partial charge in [0.05, 0.1) is 6.04 Å². The molecule has 2 N–H and O–H groups in total. The van der Waals surface area contributed by atoms with Crippen LogP contribution < -0.4 is 10.6 Å². The number of carbonyl (C=O) groups is 2. The Morgan fingerprint density at radius 3 is 2.71 bits per heavy atom. The molecule has 2 unspecified atom stereocenters. The summed E-state index contributed by atoms with van der Waals surface area (Å²) < 4.78 is 0. The number of nitrogens with one attached hydrogen (secondary N) is 2. The fourth-order valence-electron chi connectivity index (χ4n) is 3.23. The Bertz CT molecular complexity index is 568. The molecule has 0 saturated carbocycles. The molecule has 1 aliphatic heterocycles. The molecule has 0 aromatic heterocycles. The molecule has 1 aromatic carbocycles. The van der Waals surface area contributed by atoms with E-state index in [1.54, 1.807) is 0 Å². The summed E-state index contributed by atoms with van der Waals surface area (Å²) in [7, 11) is 0. The highest BCUT2D eigenvalue weighted by molar-refractivity contribution is 5.90. The van der Waals surface area contributed by atoms with E-state index in [-0.39, 0.29) is 23.9 Å². The van der Waals surface area contributed by atoms with Crippen molar-refractivity contribution in [2.45, 2.75) is 57.5 Å². The van der Waals surface area contributed by atoms with Crippen molar-refractivity contribution in [3.8, 4) is 0 Å². The normalized spacial score (nSPS) is 22.3. The Balaban J connectivity index is 1.66.